The number of carboxylic acid groups (broad SMARTS) is 1. The standard InChI is InChI=1S/C24H32F3N3O8/c1-14(2)9-18(30-23(36)38-11-16-7-5-4-6-8-16)22(35)28-15(3)21(34)29-17(10-20(32)33)19(31)12-37-13-24(25,26)27/h4-8,14-15,17-18H,9-13H2,1-3H3,(H,28,35)(H,29,34)(H,30,36)(H,32,33)/t15-,17-,18-/m0/s1. The van der Waals surface area contributed by atoms with E-state index in [0.717, 1.165) is 5.56 Å². The van der Waals surface area contributed by atoms with Crippen LogP contribution in [0.15, 0.2) is 30.3 Å². The van der Waals surface area contributed by atoms with Crippen LogP contribution >= 0.6 is 0 Å². The molecule has 38 heavy (non-hydrogen) atoms. The van der Waals surface area contributed by atoms with Crippen LogP contribution in [0.25, 0.3) is 0 Å². The lowest BCUT2D eigenvalue weighted by Crippen LogP contribution is -2.55. The lowest BCUT2D eigenvalue weighted by atomic mass is 10.0. The highest BCUT2D eigenvalue weighted by Crippen LogP contribution is 2.14. The Balaban J connectivity index is 2.74. The number of aliphatic carboxylic acids is 1. The smallest absolute Gasteiger partial charge is 0.411 e. The summed E-state index contributed by atoms with van der Waals surface area (Å²) in [6, 6.07) is 4.76. The largest absolute Gasteiger partial charge is 0.481 e. The summed E-state index contributed by atoms with van der Waals surface area (Å²) in [6.07, 6.45) is -6.28. The first-order valence-corrected chi connectivity index (χ1v) is 11.6. The molecule has 0 fully saturated rings. The number of alkyl carbamates (subject to hydrolysis) is 1. The van der Waals surface area contributed by atoms with Gasteiger partial charge in [0.05, 0.1) is 6.42 Å². The summed E-state index contributed by atoms with van der Waals surface area (Å²) in [5.41, 5.74) is 0.729. The molecule has 3 amide bonds. The van der Waals surface area contributed by atoms with Gasteiger partial charge in [-0.15, -0.1) is 0 Å². The van der Waals surface area contributed by atoms with E-state index >= 15 is 0 Å². The molecule has 0 heterocycles. The molecule has 0 aromatic heterocycles. The number of Topliss-reactive ketones (excluding diaryl/α,β-unsaturated/α-hetero) is 1. The Hall–Kier alpha value is -3.68. The number of ether oxygens (including phenoxy) is 2. The number of nitrogens with one attached hydrogen (secondary N) is 3. The van der Waals surface area contributed by atoms with Crippen LogP contribution in [0.5, 0.6) is 0 Å². The second kappa shape index (κ2) is 15.5. The van der Waals surface area contributed by atoms with Gasteiger partial charge in [0.2, 0.25) is 11.8 Å². The number of carbonyl (C=O) groups is 5. The minimum atomic E-state index is -4.70. The second-order valence-electron chi connectivity index (χ2n) is 8.85. The van der Waals surface area contributed by atoms with Gasteiger partial charge in [0.15, 0.2) is 5.78 Å². The van der Waals surface area contributed by atoms with E-state index in [4.69, 9.17) is 9.84 Å². The van der Waals surface area contributed by atoms with Crippen molar-refractivity contribution in [2.75, 3.05) is 13.2 Å². The molecule has 212 valence electrons. The van der Waals surface area contributed by atoms with Crippen LogP contribution in [0.4, 0.5) is 18.0 Å². The lowest BCUT2D eigenvalue weighted by molar-refractivity contribution is -0.176. The van der Waals surface area contributed by atoms with E-state index in [2.05, 4.69) is 20.7 Å². The number of ketones is 1. The molecule has 0 radical (unpaired) electrons. The van der Waals surface area contributed by atoms with Crippen molar-refractivity contribution in [3.63, 3.8) is 0 Å². The molecule has 0 aliphatic rings. The zero-order valence-electron chi connectivity index (χ0n) is 21.2. The first-order valence-electron chi connectivity index (χ1n) is 11.6. The SMILES string of the molecule is CC(C)C[C@H](NC(=O)OCc1ccccc1)C(=O)N[C@@H](C)C(=O)N[C@@H](CC(=O)O)C(=O)COCC(F)(F)F. The van der Waals surface area contributed by atoms with Gasteiger partial charge in [0.25, 0.3) is 0 Å². The first-order chi connectivity index (χ1) is 17.7. The first kappa shape index (κ1) is 32.3. The van der Waals surface area contributed by atoms with Crippen molar-refractivity contribution < 1.29 is 51.7 Å². The predicted octanol–water partition coefficient (Wildman–Crippen LogP) is 1.94. The van der Waals surface area contributed by atoms with E-state index in [0.29, 0.717) is 0 Å². The van der Waals surface area contributed by atoms with Crippen LogP contribution in [0.1, 0.15) is 39.2 Å². The average Bonchev–Trinajstić information content (AvgIpc) is 2.81. The zero-order valence-corrected chi connectivity index (χ0v) is 21.2. The number of carboxylic acids is 1. The quantitative estimate of drug-likeness (QED) is 0.259. The Kier molecular flexibility index (Phi) is 13.2. The Labute approximate surface area is 217 Å². The second-order valence-corrected chi connectivity index (χ2v) is 8.85. The summed E-state index contributed by atoms with van der Waals surface area (Å²) in [5, 5.41) is 15.9. The van der Waals surface area contributed by atoms with Crippen molar-refractivity contribution in [3.05, 3.63) is 35.9 Å². The maximum absolute atomic E-state index is 12.8. The van der Waals surface area contributed by atoms with E-state index in [1.807, 2.05) is 0 Å². The number of halogens is 3. The van der Waals surface area contributed by atoms with Gasteiger partial charge in [0, 0.05) is 0 Å². The molecule has 1 rings (SSSR count). The number of alkyl halides is 3. The maximum Gasteiger partial charge on any atom is 0.411 e. The minimum absolute atomic E-state index is 0.0345. The summed E-state index contributed by atoms with van der Waals surface area (Å²) in [5.74, 6) is -4.34. The summed E-state index contributed by atoms with van der Waals surface area (Å²) in [7, 11) is 0. The number of benzene rings is 1. The molecule has 0 aliphatic heterocycles. The van der Waals surface area contributed by atoms with Gasteiger partial charge in [-0.1, -0.05) is 44.2 Å². The van der Waals surface area contributed by atoms with E-state index in [1.165, 1.54) is 6.92 Å². The van der Waals surface area contributed by atoms with Crippen molar-refractivity contribution in [3.8, 4) is 0 Å². The third kappa shape index (κ3) is 13.6. The van der Waals surface area contributed by atoms with Gasteiger partial charge in [-0.2, -0.15) is 13.2 Å². The van der Waals surface area contributed by atoms with Crippen LogP contribution < -0.4 is 16.0 Å². The van der Waals surface area contributed by atoms with E-state index in [-0.39, 0.29) is 18.9 Å². The highest BCUT2D eigenvalue weighted by atomic mass is 19.4. The van der Waals surface area contributed by atoms with Gasteiger partial charge in [-0.3, -0.25) is 19.2 Å². The Morgan fingerprint density at radius 3 is 2.11 bits per heavy atom. The number of hydrogen-bond acceptors (Lipinski definition) is 7. The number of hydrogen-bond donors (Lipinski definition) is 4. The normalized spacial score (nSPS) is 13.7. The minimum Gasteiger partial charge on any atom is -0.481 e. The molecule has 1 aromatic rings. The van der Waals surface area contributed by atoms with E-state index < -0.39 is 73.6 Å². The highest BCUT2D eigenvalue weighted by molar-refractivity contribution is 5.95. The Bertz CT molecular complexity index is 957. The molecule has 0 spiro atoms. The summed E-state index contributed by atoms with van der Waals surface area (Å²) in [6.45, 7) is 2.01. The van der Waals surface area contributed by atoms with Crippen LogP contribution in [-0.4, -0.2) is 72.3 Å². The van der Waals surface area contributed by atoms with E-state index in [9.17, 15) is 37.1 Å². The van der Waals surface area contributed by atoms with Gasteiger partial charge in [-0.05, 0) is 24.8 Å². The molecular formula is C24H32F3N3O8. The molecule has 3 atom stereocenters. The fourth-order valence-corrected chi connectivity index (χ4v) is 3.07. The lowest BCUT2D eigenvalue weighted by Gasteiger charge is -2.23. The topological polar surface area (TPSA) is 160 Å². The summed E-state index contributed by atoms with van der Waals surface area (Å²) in [4.78, 5) is 60.8. The number of carbonyl (C=O) groups excluding carboxylic acids is 4. The predicted molar refractivity (Wildman–Crippen MR) is 127 cm³/mol. The monoisotopic (exact) mass is 547 g/mol. The van der Waals surface area contributed by atoms with Crippen LogP contribution in [0.3, 0.4) is 0 Å². The zero-order chi connectivity index (χ0) is 28.9. The number of rotatable bonds is 15. The fraction of sp³-hybridized carbons (Fsp3) is 0.542. The molecule has 0 unspecified atom stereocenters. The van der Waals surface area contributed by atoms with Crippen LogP contribution in [0, 0.1) is 5.92 Å². The number of amides is 3. The molecule has 1 aromatic carbocycles. The van der Waals surface area contributed by atoms with Crippen LogP contribution in [0.2, 0.25) is 0 Å². The summed E-state index contributed by atoms with van der Waals surface area (Å²) >= 11 is 0. The van der Waals surface area contributed by atoms with Crippen molar-refractivity contribution in [2.24, 2.45) is 5.92 Å². The highest BCUT2D eigenvalue weighted by Gasteiger charge is 2.31. The third-order valence-corrected chi connectivity index (χ3v) is 4.87. The van der Waals surface area contributed by atoms with Crippen LogP contribution in [-0.2, 0) is 35.3 Å². The van der Waals surface area contributed by atoms with E-state index in [1.54, 1.807) is 44.2 Å². The fourth-order valence-electron chi connectivity index (χ4n) is 3.07. The molecular weight excluding hydrogens is 515 g/mol. The Morgan fingerprint density at radius 2 is 1.55 bits per heavy atom. The molecule has 0 saturated heterocycles. The third-order valence-electron chi connectivity index (χ3n) is 4.87. The average molecular weight is 548 g/mol. The molecule has 11 nitrogen and oxygen atoms in total. The van der Waals surface area contributed by atoms with Crippen molar-refractivity contribution in [1.82, 2.24) is 16.0 Å². The van der Waals surface area contributed by atoms with Gasteiger partial charge in [-0.25, -0.2) is 4.79 Å². The maximum atomic E-state index is 12.8. The van der Waals surface area contributed by atoms with Gasteiger partial charge >= 0.3 is 18.2 Å². The summed E-state index contributed by atoms with van der Waals surface area (Å²) < 4.78 is 46.0. The van der Waals surface area contributed by atoms with Crippen molar-refractivity contribution >= 4 is 29.7 Å². The Morgan fingerprint density at radius 1 is 0.921 bits per heavy atom. The molecule has 14 heteroatoms. The van der Waals surface area contributed by atoms with Gasteiger partial charge < -0.3 is 30.5 Å². The van der Waals surface area contributed by atoms with Crippen molar-refractivity contribution in [1.29, 1.82) is 0 Å². The van der Waals surface area contributed by atoms with Crippen molar-refractivity contribution in [2.45, 2.75) is 64.5 Å². The molecule has 4 N–H and O–H groups in total. The van der Waals surface area contributed by atoms with Gasteiger partial charge in [0.1, 0.15) is 37.9 Å². The molecule has 0 saturated carbocycles. The molecule has 0 bridgehead atoms. The molecule has 0 aliphatic carbocycles.